The van der Waals surface area contributed by atoms with Crippen molar-refractivity contribution in [3.8, 4) is 0 Å². The Labute approximate surface area is 177 Å². The molecule has 0 aliphatic heterocycles. The number of rotatable bonds is 4. The fraction of sp³-hybridized carbons (Fsp3) is 0.238. The summed E-state index contributed by atoms with van der Waals surface area (Å²) in [5.74, 6) is -0.378. The fourth-order valence-electron chi connectivity index (χ4n) is 2.71. The van der Waals surface area contributed by atoms with E-state index in [0.29, 0.717) is 20.6 Å². The summed E-state index contributed by atoms with van der Waals surface area (Å²) in [6.07, 6.45) is 0.226. The average Bonchev–Trinajstić information content (AvgIpc) is 2.94. The van der Waals surface area contributed by atoms with Gasteiger partial charge in [0.2, 0.25) is 5.91 Å². The third kappa shape index (κ3) is 4.85. The Hall–Kier alpha value is -2.08. The van der Waals surface area contributed by atoms with Crippen LogP contribution in [0.15, 0.2) is 42.5 Å². The number of carbonyl (C=O) groups is 2. The molecule has 28 heavy (non-hydrogen) atoms. The molecule has 2 amide bonds. The smallest absolute Gasteiger partial charge is 0.263 e. The molecule has 0 fully saturated rings. The number of nitrogens with one attached hydrogen (secondary N) is 2. The molecule has 0 spiro atoms. The zero-order valence-electron chi connectivity index (χ0n) is 15.7. The lowest BCUT2D eigenvalue weighted by molar-refractivity contribution is -0.115. The van der Waals surface area contributed by atoms with E-state index in [4.69, 9.17) is 23.2 Å². The van der Waals surface area contributed by atoms with Crippen molar-refractivity contribution in [2.24, 2.45) is 0 Å². The number of hydrogen-bond acceptors (Lipinski definition) is 3. The molecule has 1 aromatic heterocycles. The number of fused-ring (bicyclic) bond motifs is 1. The van der Waals surface area contributed by atoms with Crippen molar-refractivity contribution in [3.63, 3.8) is 0 Å². The van der Waals surface area contributed by atoms with Crippen molar-refractivity contribution in [3.05, 3.63) is 63.0 Å². The second kappa shape index (κ2) is 8.11. The van der Waals surface area contributed by atoms with E-state index in [0.717, 1.165) is 15.6 Å². The first-order valence-corrected chi connectivity index (χ1v) is 10.3. The number of amides is 2. The predicted octanol–water partition coefficient (Wildman–Crippen LogP) is 5.92. The van der Waals surface area contributed by atoms with Crippen molar-refractivity contribution in [1.29, 1.82) is 0 Å². The molecular formula is C21H20Cl2N2O2S. The molecule has 3 aromatic rings. The minimum absolute atomic E-state index is 0.153. The third-order valence-corrected chi connectivity index (χ3v) is 5.90. The fourth-order valence-corrected chi connectivity index (χ4v) is 4.31. The van der Waals surface area contributed by atoms with Gasteiger partial charge in [-0.2, -0.15) is 0 Å². The second-order valence-electron chi connectivity index (χ2n) is 7.48. The maximum Gasteiger partial charge on any atom is 0.263 e. The van der Waals surface area contributed by atoms with E-state index in [-0.39, 0.29) is 23.8 Å². The first-order valence-electron chi connectivity index (χ1n) is 8.72. The summed E-state index contributed by atoms with van der Waals surface area (Å²) < 4.78 is 0.774. The Morgan fingerprint density at radius 1 is 1.04 bits per heavy atom. The lowest BCUT2D eigenvalue weighted by Gasteiger charge is -2.19. The first kappa shape index (κ1) is 20.6. The maximum absolute atomic E-state index is 12.6. The standard InChI is InChI=1S/C21H20Cl2N2O2S/c1-21(2,3)25-20(27)19-17(23)14-5-4-6-15(18(14)28-19)24-16(26)11-12-7-9-13(22)10-8-12/h4-10H,11H2,1-3H3,(H,24,26)(H,25,27). The van der Waals surface area contributed by atoms with Crippen LogP contribution in [0, 0.1) is 0 Å². The molecule has 1 heterocycles. The van der Waals surface area contributed by atoms with E-state index >= 15 is 0 Å². The quantitative estimate of drug-likeness (QED) is 0.535. The van der Waals surface area contributed by atoms with Gasteiger partial charge in [-0.1, -0.05) is 47.5 Å². The number of hydrogen-bond donors (Lipinski definition) is 2. The van der Waals surface area contributed by atoms with Gasteiger partial charge >= 0.3 is 0 Å². The SMILES string of the molecule is CC(C)(C)NC(=O)c1sc2c(NC(=O)Cc3ccc(Cl)cc3)cccc2c1Cl. The molecule has 0 unspecified atom stereocenters. The van der Waals surface area contributed by atoms with Gasteiger partial charge in [0.1, 0.15) is 4.88 Å². The largest absolute Gasteiger partial charge is 0.347 e. The van der Waals surface area contributed by atoms with Gasteiger partial charge < -0.3 is 10.6 Å². The molecular weight excluding hydrogens is 415 g/mol. The van der Waals surface area contributed by atoms with Gasteiger partial charge in [-0.15, -0.1) is 11.3 Å². The summed E-state index contributed by atoms with van der Waals surface area (Å²) in [6.45, 7) is 5.73. The van der Waals surface area contributed by atoms with Crippen molar-refractivity contribution < 1.29 is 9.59 Å². The summed E-state index contributed by atoms with van der Waals surface area (Å²) in [7, 11) is 0. The number of carbonyl (C=O) groups excluding carboxylic acids is 2. The van der Waals surface area contributed by atoms with Crippen LogP contribution in [0.3, 0.4) is 0 Å². The van der Waals surface area contributed by atoms with E-state index in [1.807, 2.05) is 45.0 Å². The van der Waals surface area contributed by atoms with E-state index in [1.165, 1.54) is 11.3 Å². The Balaban J connectivity index is 1.85. The van der Waals surface area contributed by atoms with Gasteiger partial charge in [-0.05, 0) is 44.5 Å². The molecule has 0 atom stereocenters. The number of thiophene rings is 1. The van der Waals surface area contributed by atoms with Gasteiger partial charge in [0.05, 0.1) is 21.8 Å². The summed E-state index contributed by atoms with van der Waals surface area (Å²) in [4.78, 5) is 25.5. The van der Waals surface area contributed by atoms with Crippen LogP contribution < -0.4 is 10.6 Å². The zero-order chi connectivity index (χ0) is 20.5. The van der Waals surface area contributed by atoms with E-state index in [9.17, 15) is 9.59 Å². The normalized spacial score (nSPS) is 11.5. The molecule has 0 radical (unpaired) electrons. The van der Waals surface area contributed by atoms with Crippen LogP contribution in [0.4, 0.5) is 5.69 Å². The molecule has 4 nitrogen and oxygen atoms in total. The molecule has 0 aliphatic rings. The topological polar surface area (TPSA) is 58.2 Å². The highest BCUT2D eigenvalue weighted by atomic mass is 35.5. The summed E-state index contributed by atoms with van der Waals surface area (Å²) in [5.41, 5.74) is 1.13. The van der Waals surface area contributed by atoms with Crippen molar-refractivity contribution in [1.82, 2.24) is 5.32 Å². The lowest BCUT2D eigenvalue weighted by Crippen LogP contribution is -2.40. The van der Waals surface area contributed by atoms with Crippen LogP contribution in [-0.4, -0.2) is 17.4 Å². The van der Waals surface area contributed by atoms with Gasteiger partial charge in [-0.3, -0.25) is 9.59 Å². The van der Waals surface area contributed by atoms with Crippen molar-refractivity contribution in [2.45, 2.75) is 32.7 Å². The lowest BCUT2D eigenvalue weighted by atomic mass is 10.1. The van der Waals surface area contributed by atoms with E-state index < -0.39 is 0 Å². The number of halogens is 2. The van der Waals surface area contributed by atoms with Crippen molar-refractivity contribution >= 4 is 62.1 Å². The Morgan fingerprint density at radius 2 is 1.71 bits per heavy atom. The molecule has 2 N–H and O–H groups in total. The third-order valence-electron chi connectivity index (χ3n) is 3.90. The molecule has 0 bridgehead atoms. The van der Waals surface area contributed by atoms with Gasteiger partial charge in [0, 0.05) is 15.9 Å². The van der Waals surface area contributed by atoms with Crippen molar-refractivity contribution in [2.75, 3.05) is 5.32 Å². The molecule has 3 rings (SSSR count). The first-order chi connectivity index (χ1) is 13.1. The zero-order valence-corrected chi connectivity index (χ0v) is 18.1. The Kier molecular flexibility index (Phi) is 5.98. The molecule has 0 saturated heterocycles. The maximum atomic E-state index is 12.6. The average molecular weight is 435 g/mol. The van der Waals surface area contributed by atoms with Gasteiger partial charge in [0.25, 0.3) is 5.91 Å². The van der Waals surface area contributed by atoms with Crippen LogP contribution in [0.1, 0.15) is 36.0 Å². The van der Waals surface area contributed by atoms with Crippen LogP contribution in [0.2, 0.25) is 10.0 Å². The molecule has 7 heteroatoms. The van der Waals surface area contributed by atoms with Crippen LogP contribution in [-0.2, 0) is 11.2 Å². The molecule has 0 aliphatic carbocycles. The summed E-state index contributed by atoms with van der Waals surface area (Å²) in [5, 5.41) is 7.62. The summed E-state index contributed by atoms with van der Waals surface area (Å²) >= 11 is 13.6. The number of anilines is 1. The van der Waals surface area contributed by atoms with Crippen LogP contribution >= 0.6 is 34.5 Å². The Morgan fingerprint density at radius 3 is 2.36 bits per heavy atom. The predicted molar refractivity (Wildman–Crippen MR) is 118 cm³/mol. The van der Waals surface area contributed by atoms with E-state index in [2.05, 4.69) is 10.6 Å². The monoisotopic (exact) mass is 434 g/mol. The highest BCUT2D eigenvalue weighted by Gasteiger charge is 2.22. The van der Waals surface area contributed by atoms with Crippen LogP contribution in [0.25, 0.3) is 10.1 Å². The molecule has 146 valence electrons. The highest BCUT2D eigenvalue weighted by molar-refractivity contribution is 7.22. The Bertz CT molecular complexity index is 1040. The van der Waals surface area contributed by atoms with E-state index in [1.54, 1.807) is 18.2 Å². The minimum atomic E-state index is -0.369. The van der Waals surface area contributed by atoms with Crippen LogP contribution in [0.5, 0.6) is 0 Å². The highest BCUT2D eigenvalue weighted by Crippen LogP contribution is 2.39. The molecule has 2 aromatic carbocycles. The molecule has 0 saturated carbocycles. The number of benzene rings is 2. The second-order valence-corrected chi connectivity index (χ2v) is 9.32. The minimum Gasteiger partial charge on any atom is -0.347 e. The van der Waals surface area contributed by atoms with Gasteiger partial charge in [0.15, 0.2) is 0 Å². The van der Waals surface area contributed by atoms with Gasteiger partial charge in [-0.25, -0.2) is 0 Å². The summed E-state index contributed by atoms with van der Waals surface area (Å²) in [6, 6.07) is 12.6.